The lowest BCUT2D eigenvalue weighted by Gasteiger charge is -2.18. The van der Waals surface area contributed by atoms with Crippen molar-refractivity contribution in [2.24, 2.45) is 0 Å². The van der Waals surface area contributed by atoms with Gasteiger partial charge < -0.3 is 4.98 Å². The molecule has 29 heavy (non-hydrogen) atoms. The molecule has 4 aromatic rings. The van der Waals surface area contributed by atoms with Gasteiger partial charge in [0.15, 0.2) is 0 Å². The standard InChI is InChI=1S/C23H20N4O2/c28-21(15-20-24-18-13-7-8-14-19(18)25-20)26-27-23(29)22(16-9-3-1-4-10-16)17-11-5-2-6-12-17/h1-14,22H,15H2,(H,24,25)(H,26,28)(H,27,29). The normalized spacial score (nSPS) is 10.8. The number of imidazole rings is 1. The van der Waals surface area contributed by atoms with Crippen molar-refractivity contribution in [1.82, 2.24) is 20.8 Å². The number of amides is 2. The van der Waals surface area contributed by atoms with Gasteiger partial charge in [-0.25, -0.2) is 4.98 Å². The molecule has 0 aliphatic carbocycles. The molecule has 0 aliphatic heterocycles. The minimum atomic E-state index is -0.524. The summed E-state index contributed by atoms with van der Waals surface area (Å²) in [4.78, 5) is 32.7. The lowest BCUT2D eigenvalue weighted by Crippen LogP contribution is -2.44. The van der Waals surface area contributed by atoms with E-state index in [4.69, 9.17) is 0 Å². The zero-order valence-electron chi connectivity index (χ0n) is 15.6. The van der Waals surface area contributed by atoms with Crippen molar-refractivity contribution < 1.29 is 9.59 Å². The third-order valence-electron chi connectivity index (χ3n) is 4.62. The van der Waals surface area contributed by atoms with E-state index in [1.54, 1.807) is 0 Å². The molecule has 2 amide bonds. The maximum atomic E-state index is 12.9. The topological polar surface area (TPSA) is 86.9 Å². The Labute approximate surface area is 168 Å². The highest BCUT2D eigenvalue weighted by atomic mass is 16.2. The van der Waals surface area contributed by atoms with Crippen LogP contribution in [0.4, 0.5) is 0 Å². The van der Waals surface area contributed by atoms with Crippen LogP contribution in [-0.4, -0.2) is 21.8 Å². The number of carbonyl (C=O) groups is 2. The Balaban J connectivity index is 1.44. The number of benzene rings is 3. The molecule has 4 rings (SSSR count). The number of rotatable bonds is 5. The minimum absolute atomic E-state index is 0.0380. The first-order valence-corrected chi connectivity index (χ1v) is 9.33. The molecule has 1 heterocycles. The van der Waals surface area contributed by atoms with Crippen LogP contribution in [0, 0.1) is 0 Å². The third-order valence-corrected chi connectivity index (χ3v) is 4.62. The molecule has 6 nitrogen and oxygen atoms in total. The number of nitrogens with zero attached hydrogens (tertiary/aromatic N) is 1. The van der Waals surface area contributed by atoms with E-state index in [0.29, 0.717) is 5.82 Å². The SMILES string of the molecule is O=C(Cc1nc2ccccc2[nH]1)NNC(=O)C(c1ccccc1)c1ccccc1. The number of fused-ring (bicyclic) bond motifs is 1. The summed E-state index contributed by atoms with van der Waals surface area (Å²) >= 11 is 0. The number of hydrogen-bond acceptors (Lipinski definition) is 3. The Kier molecular flexibility index (Phi) is 5.33. The van der Waals surface area contributed by atoms with Crippen molar-refractivity contribution in [3.63, 3.8) is 0 Å². The maximum Gasteiger partial charge on any atom is 0.250 e. The number of para-hydroxylation sites is 2. The molecular formula is C23H20N4O2. The van der Waals surface area contributed by atoms with Crippen molar-refractivity contribution in [3.8, 4) is 0 Å². The van der Waals surface area contributed by atoms with Crippen molar-refractivity contribution in [2.75, 3.05) is 0 Å². The first-order valence-electron chi connectivity index (χ1n) is 9.33. The summed E-state index contributed by atoms with van der Waals surface area (Å²) in [5.41, 5.74) is 8.42. The number of hydrazine groups is 1. The summed E-state index contributed by atoms with van der Waals surface area (Å²) in [5, 5.41) is 0. The Hall–Kier alpha value is -3.93. The number of aromatic amines is 1. The fraction of sp³-hybridized carbons (Fsp3) is 0.0870. The van der Waals surface area contributed by atoms with Crippen LogP contribution in [0.5, 0.6) is 0 Å². The van der Waals surface area contributed by atoms with Crippen LogP contribution in [-0.2, 0) is 16.0 Å². The van der Waals surface area contributed by atoms with E-state index >= 15 is 0 Å². The fourth-order valence-corrected chi connectivity index (χ4v) is 3.28. The number of carbonyl (C=O) groups excluding carboxylic acids is 2. The fourth-order valence-electron chi connectivity index (χ4n) is 3.28. The second-order valence-electron chi connectivity index (χ2n) is 6.67. The van der Waals surface area contributed by atoms with Crippen molar-refractivity contribution in [2.45, 2.75) is 12.3 Å². The Morgan fingerprint density at radius 3 is 2.00 bits per heavy atom. The summed E-state index contributed by atoms with van der Waals surface area (Å²) in [6.07, 6.45) is 0.0380. The highest BCUT2D eigenvalue weighted by Gasteiger charge is 2.23. The van der Waals surface area contributed by atoms with Crippen LogP contribution in [0.15, 0.2) is 84.9 Å². The molecule has 0 aliphatic rings. The molecule has 3 aromatic carbocycles. The molecule has 0 unspecified atom stereocenters. The van der Waals surface area contributed by atoms with Crippen molar-refractivity contribution >= 4 is 22.8 Å². The lowest BCUT2D eigenvalue weighted by molar-refractivity contribution is -0.129. The molecule has 6 heteroatoms. The summed E-state index contributed by atoms with van der Waals surface area (Å²) in [6.45, 7) is 0. The lowest BCUT2D eigenvalue weighted by atomic mass is 9.91. The predicted octanol–water partition coefficient (Wildman–Crippen LogP) is 3.08. The van der Waals surface area contributed by atoms with Gasteiger partial charge in [0, 0.05) is 0 Å². The highest BCUT2D eigenvalue weighted by molar-refractivity contribution is 5.89. The van der Waals surface area contributed by atoms with Crippen LogP contribution >= 0.6 is 0 Å². The highest BCUT2D eigenvalue weighted by Crippen LogP contribution is 2.24. The molecule has 0 saturated heterocycles. The number of aromatic nitrogens is 2. The summed E-state index contributed by atoms with van der Waals surface area (Å²) in [6, 6.07) is 26.5. The molecular weight excluding hydrogens is 364 g/mol. The molecule has 0 bridgehead atoms. The van der Waals surface area contributed by atoms with Crippen LogP contribution in [0.25, 0.3) is 11.0 Å². The van der Waals surface area contributed by atoms with Gasteiger partial charge in [0.25, 0.3) is 0 Å². The van der Waals surface area contributed by atoms with E-state index in [9.17, 15) is 9.59 Å². The van der Waals surface area contributed by atoms with Gasteiger partial charge in [-0.05, 0) is 23.3 Å². The zero-order chi connectivity index (χ0) is 20.1. The second kappa shape index (κ2) is 8.39. The van der Waals surface area contributed by atoms with Crippen molar-refractivity contribution in [3.05, 3.63) is 102 Å². The Morgan fingerprint density at radius 1 is 0.793 bits per heavy atom. The van der Waals surface area contributed by atoms with Gasteiger partial charge in [0.2, 0.25) is 11.8 Å². The van der Waals surface area contributed by atoms with E-state index in [2.05, 4.69) is 20.8 Å². The van der Waals surface area contributed by atoms with Gasteiger partial charge in [-0.2, -0.15) is 0 Å². The largest absolute Gasteiger partial charge is 0.342 e. The van der Waals surface area contributed by atoms with E-state index < -0.39 is 5.92 Å². The van der Waals surface area contributed by atoms with Crippen LogP contribution in [0.1, 0.15) is 22.9 Å². The number of hydrogen-bond donors (Lipinski definition) is 3. The van der Waals surface area contributed by atoms with Gasteiger partial charge in [0.1, 0.15) is 5.82 Å². The van der Waals surface area contributed by atoms with Gasteiger partial charge in [-0.1, -0.05) is 72.8 Å². The minimum Gasteiger partial charge on any atom is -0.342 e. The number of H-pyrrole nitrogens is 1. The predicted molar refractivity (Wildman–Crippen MR) is 111 cm³/mol. The Bertz CT molecular complexity index is 1050. The average Bonchev–Trinajstić information content (AvgIpc) is 3.16. The van der Waals surface area contributed by atoms with Crippen LogP contribution in [0.3, 0.4) is 0 Å². The van der Waals surface area contributed by atoms with Gasteiger partial charge in [-0.3, -0.25) is 20.4 Å². The molecule has 0 saturated carbocycles. The third kappa shape index (κ3) is 4.32. The van der Waals surface area contributed by atoms with E-state index in [0.717, 1.165) is 22.2 Å². The maximum absolute atomic E-state index is 12.9. The quantitative estimate of drug-likeness (QED) is 0.462. The smallest absolute Gasteiger partial charge is 0.250 e. The van der Waals surface area contributed by atoms with Gasteiger partial charge in [-0.15, -0.1) is 0 Å². The Morgan fingerprint density at radius 2 is 1.38 bits per heavy atom. The monoisotopic (exact) mass is 384 g/mol. The van der Waals surface area contributed by atoms with Crippen LogP contribution < -0.4 is 10.9 Å². The molecule has 0 fully saturated rings. The van der Waals surface area contributed by atoms with E-state index in [1.807, 2.05) is 84.9 Å². The molecule has 144 valence electrons. The van der Waals surface area contributed by atoms with Gasteiger partial charge in [0.05, 0.1) is 23.4 Å². The summed E-state index contributed by atoms with van der Waals surface area (Å²) in [5.74, 6) is -0.637. The molecule has 0 radical (unpaired) electrons. The molecule has 0 spiro atoms. The molecule has 3 N–H and O–H groups in total. The number of nitrogens with one attached hydrogen (secondary N) is 3. The first-order chi connectivity index (χ1) is 14.2. The first kappa shape index (κ1) is 18.4. The van der Waals surface area contributed by atoms with E-state index in [-0.39, 0.29) is 18.2 Å². The van der Waals surface area contributed by atoms with Gasteiger partial charge >= 0.3 is 0 Å². The molecule has 0 atom stereocenters. The second-order valence-corrected chi connectivity index (χ2v) is 6.67. The van der Waals surface area contributed by atoms with E-state index in [1.165, 1.54) is 0 Å². The van der Waals surface area contributed by atoms with Crippen molar-refractivity contribution in [1.29, 1.82) is 0 Å². The average molecular weight is 384 g/mol. The summed E-state index contributed by atoms with van der Waals surface area (Å²) in [7, 11) is 0. The summed E-state index contributed by atoms with van der Waals surface area (Å²) < 4.78 is 0. The zero-order valence-corrected chi connectivity index (χ0v) is 15.6. The van der Waals surface area contributed by atoms with Crippen LogP contribution in [0.2, 0.25) is 0 Å². The molecule has 1 aromatic heterocycles.